The minimum Gasteiger partial charge on any atom is -0.337 e. The molecule has 3 aromatic rings. The Bertz CT molecular complexity index is 1250. The number of anilines is 1. The van der Waals surface area contributed by atoms with E-state index in [-0.39, 0.29) is 43.4 Å². The molecule has 0 atom stereocenters. The Balaban J connectivity index is 1.58. The molecule has 0 N–H and O–H groups in total. The molecule has 0 spiro atoms. The highest BCUT2D eigenvalue weighted by atomic mass is 35.5. The Morgan fingerprint density at radius 1 is 1.15 bits per heavy atom. The van der Waals surface area contributed by atoms with Gasteiger partial charge in [-0.15, -0.1) is 0 Å². The Labute approximate surface area is 194 Å². The highest BCUT2D eigenvalue weighted by Gasteiger charge is 2.20. The van der Waals surface area contributed by atoms with E-state index in [1.54, 1.807) is 31.3 Å². The molecule has 2 aromatic carbocycles. The van der Waals surface area contributed by atoms with E-state index in [9.17, 15) is 22.0 Å². The van der Waals surface area contributed by atoms with Crippen molar-refractivity contribution in [1.29, 1.82) is 0 Å². The SMILES string of the molecule is CN(Cc1nc(-c2ccccc2Cl)no1)C(=O)CCCN(c1ccc(F)c(F)c1)S(C)(=O)=O. The van der Waals surface area contributed by atoms with E-state index in [1.165, 1.54) is 11.0 Å². The van der Waals surface area contributed by atoms with Crippen LogP contribution in [0, 0.1) is 11.6 Å². The van der Waals surface area contributed by atoms with Crippen LogP contribution >= 0.6 is 11.6 Å². The third-order valence-electron chi connectivity index (χ3n) is 4.72. The molecule has 176 valence electrons. The average Bonchev–Trinajstić information content (AvgIpc) is 3.20. The van der Waals surface area contributed by atoms with Gasteiger partial charge in [0.2, 0.25) is 27.6 Å². The maximum Gasteiger partial charge on any atom is 0.246 e. The molecular weight excluding hydrogens is 478 g/mol. The van der Waals surface area contributed by atoms with Crippen LogP contribution in [0.3, 0.4) is 0 Å². The molecular formula is C21H21ClF2N4O4S. The predicted molar refractivity (Wildman–Crippen MR) is 119 cm³/mol. The number of amides is 1. The van der Waals surface area contributed by atoms with Crippen LogP contribution < -0.4 is 4.31 Å². The first kappa shape index (κ1) is 24.6. The Morgan fingerprint density at radius 3 is 2.55 bits per heavy atom. The van der Waals surface area contributed by atoms with Gasteiger partial charge in [0, 0.05) is 31.6 Å². The topological polar surface area (TPSA) is 96.6 Å². The van der Waals surface area contributed by atoms with Crippen LogP contribution in [0.25, 0.3) is 11.4 Å². The molecule has 0 aliphatic carbocycles. The number of carbonyl (C=O) groups excluding carboxylic acids is 1. The van der Waals surface area contributed by atoms with Crippen molar-refractivity contribution in [2.75, 3.05) is 24.2 Å². The molecule has 1 amide bonds. The molecule has 12 heteroatoms. The van der Waals surface area contributed by atoms with E-state index < -0.39 is 21.7 Å². The zero-order valence-corrected chi connectivity index (χ0v) is 19.4. The van der Waals surface area contributed by atoms with Crippen LogP contribution in [0.1, 0.15) is 18.7 Å². The predicted octanol–water partition coefficient (Wildman–Crippen LogP) is 3.87. The van der Waals surface area contributed by atoms with Gasteiger partial charge < -0.3 is 9.42 Å². The fourth-order valence-electron chi connectivity index (χ4n) is 3.05. The van der Waals surface area contributed by atoms with Gasteiger partial charge in [0.15, 0.2) is 11.6 Å². The van der Waals surface area contributed by atoms with Crippen LogP contribution in [0.4, 0.5) is 14.5 Å². The fourth-order valence-corrected chi connectivity index (χ4v) is 4.23. The Morgan fingerprint density at radius 2 is 1.88 bits per heavy atom. The van der Waals surface area contributed by atoms with E-state index in [2.05, 4.69) is 10.1 Å². The molecule has 8 nitrogen and oxygen atoms in total. The third kappa shape index (κ3) is 6.26. The molecule has 3 rings (SSSR count). The number of benzene rings is 2. The summed E-state index contributed by atoms with van der Waals surface area (Å²) in [5.74, 6) is -2.02. The lowest BCUT2D eigenvalue weighted by atomic mass is 10.2. The van der Waals surface area contributed by atoms with Crippen LogP contribution in [0.5, 0.6) is 0 Å². The zero-order chi connectivity index (χ0) is 24.2. The third-order valence-corrected chi connectivity index (χ3v) is 6.25. The number of nitrogens with zero attached hydrogens (tertiary/aromatic N) is 4. The number of rotatable bonds is 9. The molecule has 0 aliphatic rings. The van der Waals surface area contributed by atoms with Crippen LogP contribution in [-0.4, -0.2) is 49.2 Å². The summed E-state index contributed by atoms with van der Waals surface area (Å²) in [6.45, 7) is -0.0318. The molecule has 0 fully saturated rings. The van der Waals surface area contributed by atoms with Gasteiger partial charge in [0.25, 0.3) is 0 Å². The van der Waals surface area contributed by atoms with Crippen molar-refractivity contribution < 1.29 is 26.5 Å². The molecule has 0 aliphatic heterocycles. The van der Waals surface area contributed by atoms with Gasteiger partial charge in [-0.3, -0.25) is 9.10 Å². The minimum atomic E-state index is -3.77. The van der Waals surface area contributed by atoms with E-state index in [0.717, 1.165) is 22.7 Å². The second kappa shape index (κ2) is 10.3. The quantitative estimate of drug-likeness (QED) is 0.444. The normalized spacial score (nSPS) is 11.4. The summed E-state index contributed by atoms with van der Waals surface area (Å²) in [7, 11) is -2.22. The summed E-state index contributed by atoms with van der Waals surface area (Å²) < 4.78 is 57.0. The maximum absolute atomic E-state index is 13.5. The van der Waals surface area contributed by atoms with Gasteiger partial charge >= 0.3 is 0 Å². The molecule has 33 heavy (non-hydrogen) atoms. The van der Waals surface area contributed by atoms with Crippen molar-refractivity contribution in [1.82, 2.24) is 15.0 Å². The van der Waals surface area contributed by atoms with E-state index >= 15 is 0 Å². The Kier molecular flexibility index (Phi) is 7.65. The first-order valence-electron chi connectivity index (χ1n) is 9.80. The summed E-state index contributed by atoms with van der Waals surface area (Å²) in [5, 5.41) is 4.34. The molecule has 0 bridgehead atoms. The highest BCUT2D eigenvalue weighted by Crippen LogP contribution is 2.25. The number of hydrogen-bond donors (Lipinski definition) is 0. The van der Waals surface area contributed by atoms with Crippen molar-refractivity contribution in [3.05, 3.63) is 65.0 Å². The van der Waals surface area contributed by atoms with Gasteiger partial charge in [-0.25, -0.2) is 17.2 Å². The summed E-state index contributed by atoms with van der Waals surface area (Å²) in [5.41, 5.74) is 0.580. The van der Waals surface area contributed by atoms with Crippen molar-refractivity contribution >= 4 is 33.2 Å². The largest absolute Gasteiger partial charge is 0.337 e. The monoisotopic (exact) mass is 498 g/mol. The van der Waals surface area contributed by atoms with Gasteiger partial charge in [-0.1, -0.05) is 28.9 Å². The lowest BCUT2D eigenvalue weighted by Gasteiger charge is -2.23. The number of aromatic nitrogens is 2. The van der Waals surface area contributed by atoms with E-state index in [1.807, 2.05) is 0 Å². The maximum atomic E-state index is 13.5. The first-order chi connectivity index (χ1) is 15.6. The standard InChI is InChI=1S/C21H21ClF2N4O4S/c1-27(13-19-25-21(26-32-19)15-6-3-4-7-16(15)22)20(29)8-5-11-28(33(2,30)31)14-9-10-17(23)18(24)12-14/h3-4,6-7,9-10,12H,5,8,11,13H2,1-2H3. The molecule has 1 aromatic heterocycles. The number of sulfonamides is 1. The number of carbonyl (C=O) groups is 1. The van der Waals surface area contributed by atoms with Gasteiger partial charge in [0.05, 0.1) is 23.5 Å². The molecule has 0 saturated carbocycles. The van der Waals surface area contributed by atoms with Crippen LogP contribution in [0.15, 0.2) is 47.0 Å². The van der Waals surface area contributed by atoms with Crippen LogP contribution in [0.2, 0.25) is 5.02 Å². The van der Waals surface area contributed by atoms with Gasteiger partial charge in [-0.2, -0.15) is 4.98 Å². The Hall–Kier alpha value is -3.05. The summed E-state index contributed by atoms with van der Waals surface area (Å²) in [4.78, 5) is 18.1. The number of hydrogen-bond acceptors (Lipinski definition) is 6. The van der Waals surface area contributed by atoms with Crippen LogP contribution in [-0.2, 0) is 21.4 Å². The second-order valence-electron chi connectivity index (χ2n) is 7.28. The first-order valence-corrected chi connectivity index (χ1v) is 12.0. The smallest absolute Gasteiger partial charge is 0.246 e. The molecule has 0 saturated heterocycles. The molecule has 0 radical (unpaired) electrons. The minimum absolute atomic E-state index is 0.0116. The second-order valence-corrected chi connectivity index (χ2v) is 9.59. The van der Waals surface area contributed by atoms with Gasteiger partial charge in [0.1, 0.15) is 0 Å². The lowest BCUT2D eigenvalue weighted by Crippen LogP contribution is -2.32. The molecule has 0 unspecified atom stereocenters. The molecule has 1 heterocycles. The van der Waals surface area contributed by atoms with Crippen molar-refractivity contribution in [3.63, 3.8) is 0 Å². The van der Waals surface area contributed by atoms with E-state index in [0.29, 0.717) is 16.4 Å². The van der Waals surface area contributed by atoms with E-state index in [4.69, 9.17) is 16.1 Å². The van der Waals surface area contributed by atoms with Gasteiger partial charge in [-0.05, 0) is 30.7 Å². The van der Waals surface area contributed by atoms with Crippen molar-refractivity contribution in [2.45, 2.75) is 19.4 Å². The summed E-state index contributed by atoms with van der Waals surface area (Å²) in [6.07, 6.45) is 1.12. The average molecular weight is 499 g/mol. The van der Waals surface area contributed by atoms with Crippen molar-refractivity contribution in [3.8, 4) is 11.4 Å². The lowest BCUT2D eigenvalue weighted by molar-refractivity contribution is -0.130. The zero-order valence-electron chi connectivity index (χ0n) is 17.8. The summed E-state index contributed by atoms with van der Waals surface area (Å²) >= 11 is 6.13. The summed E-state index contributed by atoms with van der Waals surface area (Å²) in [6, 6.07) is 9.82. The number of halogens is 3. The van der Waals surface area contributed by atoms with Crippen molar-refractivity contribution in [2.24, 2.45) is 0 Å². The highest BCUT2D eigenvalue weighted by molar-refractivity contribution is 7.92. The fraction of sp³-hybridized carbons (Fsp3) is 0.286.